The number of anilines is 2. The molecule has 1 aromatic rings. The first-order valence-electron chi connectivity index (χ1n) is 6.75. The summed E-state index contributed by atoms with van der Waals surface area (Å²) in [5.74, 6) is 1.24. The number of pyridine rings is 1. The molecule has 1 saturated heterocycles. The molecule has 0 aliphatic carbocycles. The number of ether oxygens (including phenoxy) is 2. The molecule has 5 nitrogen and oxygen atoms in total. The van der Waals surface area contributed by atoms with Crippen molar-refractivity contribution in [2.24, 2.45) is 5.92 Å². The van der Waals surface area contributed by atoms with Crippen molar-refractivity contribution in [1.29, 1.82) is 0 Å². The van der Waals surface area contributed by atoms with Gasteiger partial charge in [0.2, 0.25) is 0 Å². The van der Waals surface area contributed by atoms with Gasteiger partial charge in [0.15, 0.2) is 6.29 Å². The number of piperidine rings is 1. The lowest BCUT2D eigenvalue weighted by Gasteiger charge is -2.34. The fraction of sp³-hybridized carbons (Fsp3) is 0.643. The number of hydrogen-bond acceptors (Lipinski definition) is 5. The lowest BCUT2D eigenvalue weighted by Crippen LogP contribution is -2.35. The van der Waals surface area contributed by atoms with Crippen LogP contribution in [0.15, 0.2) is 18.3 Å². The standard InChI is InChI=1S/C14H23N3O2/c1-18-14(19-2)9-11-5-7-17(8-6-11)12-3-4-13(15)16-10-12/h3-4,10-11,14H,5-9H2,1-2H3,(H2,15,16). The minimum absolute atomic E-state index is 0.0743. The smallest absolute Gasteiger partial charge is 0.157 e. The zero-order valence-corrected chi connectivity index (χ0v) is 11.7. The van der Waals surface area contributed by atoms with Crippen molar-refractivity contribution in [2.45, 2.75) is 25.6 Å². The maximum absolute atomic E-state index is 5.61. The zero-order valence-electron chi connectivity index (χ0n) is 11.7. The Morgan fingerprint density at radius 2 is 2.00 bits per heavy atom. The van der Waals surface area contributed by atoms with E-state index < -0.39 is 0 Å². The molecular weight excluding hydrogens is 242 g/mol. The van der Waals surface area contributed by atoms with Crippen LogP contribution in [0, 0.1) is 5.92 Å². The molecule has 106 valence electrons. The number of nitrogens with zero attached hydrogens (tertiary/aromatic N) is 2. The first-order valence-corrected chi connectivity index (χ1v) is 6.75. The molecular formula is C14H23N3O2. The van der Waals surface area contributed by atoms with Crippen molar-refractivity contribution in [3.8, 4) is 0 Å². The van der Waals surface area contributed by atoms with Gasteiger partial charge in [-0.15, -0.1) is 0 Å². The van der Waals surface area contributed by atoms with Crippen molar-refractivity contribution in [1.82, 2.24) is 4.98 Å². The highest BCUT2D eigenvalue weighted by atomic mass is 16.7. The molecule has 0 saturated carbocycles. The second kappa shape index (κ2) is 6.73. The van der Waals surface area contributed by atoms with Crippen LogP contribution in [0.1, 0.15) is 19.3 Å². The van der Waals surface area contributed by atoms with Crippen LogP contribution in [0.4, 0.5) is 11.5 Å². The molecule has 0 spiro atoms. The van der Waals surface area contributed by atoms with Crippen LogP contribution in [0.25, 0.3) is 0 Å². The molecule has 0 atom stereocenters. The van der Waals surface area contributed by atoms with E-state index in [9.17, 15) is 0 Å². The van der Waals surface area contributed by atoms with Gasteiger partial charge in [-0.2, -0.15) is 0 Å². The molecule has 0 aromatic carbocycles. The summed E-state index contributed by atoms with van der Waals surface area (Å²) >= 11 is 0. The molecule has 2 rings (SSSR count). The van der Waals surface area contributed by atoms with E-state index in [-0.39, 0.29) is 6.29 Å². The molecule has 0 bridgehead atoms. The Bertz CT molecular complexity index is 371. The van der Waals surface area contributed by atoms with Gasteiger partial charge in [-0.1, -0.05) is 0 Å². The summed E-state index contributed by atoms with van der Waals surface area (Å²) in [6.45, 7) is 2.10. The van der Waals surface area contributed by atoms with Gasteiger partial charge in [-0.05, 0) is 30.9 Å². The van der Waals surface area contributed by atoms with Crippen molar-refractivity contribution in [2.75, 3.05) is 37.9 Å². The second-order valence-corrected chi connectivity index (χ2v) is 5.01. The third-order valence-corrected chi connectivity index (χ3v) is 3.80. The zero-order chi connectivity index (χ0) is 13.7. The molecule has 1 fully saturated rings. The molecule has 2 heterocycles. The van der Waals surface area contributed by atoms with Gasteiger partial charge in [-0.25, -0.2) is 4.98 Å². The highest BCUT2D eigenvalue weighted by Gasteiger charge is 2.22. The van der Waals surface area contributed by atoms with E-state index in [1.807, 2.05) is 18.3 Å². The van der Waals surface area contributed by atoms with Gasteiger partial charge < -0.3 is 20.1 Å². The Labute approximate surface area is 114 Å². The van der Waals surface area contributed by atoms with E-state index in [1.54, 1.807) is 14.2 Å². The molecule has 0 unspecified atom stereocenters. The van der Waals surface area contributed by atoms with Gasteiger partial charge in [0.1, 0.15) is 5.82 Å². The van der Waals surface area contributed by atoms with Crippen LogP contribution >= 0.6 is 0 Å². The van der Waals surface area contributed by atoms with Gasteiger partial charge in [-0.3, -0.25) is 0 Å². The normalized spacial score (nSPS) is 17.1. The molecule has 2 N–H and O–H groups in total. The fourth-order valence-corrected chi connectivity index (χ4v) is 2.57. The molecule has 1 aliphatic heterocycles. The first kappa shape index (κ1) is 14.1. The second-order valence-electron chi connectivity index (χ2n) is 5.01. The Kier molecular flexibility index (Phi) is 4.99. The SMILES string of the molecule is COC(CC1CCN(c2ccc(N)nc2)CC1)OC. The number of nitrogen functional groups attached to an aromatic ring is 1. The molecule has 5 heteroatoms. The molecule has 0 radical (unpaired) electrons. The fourth-order valence-electron chi connectivity index (χ4n) is 2.57. The van der Waals surface area contributed by atoms with Crippen LogP contribution in [0.3, 0.4) is 0 Å². The van der Waals surface area contributed by atoms with Gasteiger partial charge in [0.25, 0.3) is 0 Å². The monoisotopic (exact) mass is 265 g/mol. The Balaban J connectivity index is 1.83. The molecule has 1 aromatic heterocycles. The number of rotatable bonds is 5. The van der Waals surface area contributed by atoms with Crippen molar-refractivity contribution in [3.63, 3.8) is 0 Å². The number of nitrogens with two attached hydrogens (primary N) is 1. The van der Waals surface area contributed by atoms with E-state index in [2.05, 4.69) is 9.88 Å². The van der Waals surface area contributed by atoms with Crippen LogP contribution in [-0.2, 0) is 9.47 Å². The first-order chi connectivity index (χ1) is 9.22. The molecule has 1 aliphatic rings. The largest absolute Gasteiger partial charge is 0.384 e. The van der Waals surface area contributed by atoms with E-state index in [0.29, 0.717) is 11.7 Å². The van der Waals surface area contributed by atoms with Crippen LogP contribution in [0.2, 0.25) is 0 Å². The minimum atomic E-state index is -0.0743. The molecule has 19 heavy (non-hydrogen) atoms. The predicted octanol–water partition coefficient (Wildman–Crippen LogP) is 1.89. The Hall–Kier alpha value is -1.33. The maximum Gasteiger partial charge on any atom is 0.157 e. The summed E-state index contributed by atoms with van der Waals surface area (Å²) in [6, 6.07) is 3.89. The van der Waals surface area contributed by atoms with Gasteiger partial charge >= 0.3 is 0 Å². The summed E-state index contributed by atoms with van der Waals surface area (Å²) in [5, 5.41) is 0. The summed E-state index contributed by atoms with van der Waals surface area (Å²) < 4.78 is 10.5. The summed E-state index contributed by atoms with van der Waals surface area (Å²) in [7, 11) is 3.40. The number of methoxy groups -OCH3 is 2. The van der Waals surface area contributed by atoms with Crippen LogP contribution < -0.4 is 10.6 Å². The lowest BCUT2D eigenvalue weighted by molar-refractivity contribution is -0.115. The highest BCUT2D eigenvalue weighted by molar-refractivity contribution is 5.48. The van der Waals surface area contributed by atoms with Crippen molar-refractivity contribution < 1.29 is 9.47 Å². The number of aromatic nitrogens is 1. The quantitative estimate of drug-likeness (QED) is 0.824. The highest BCUT2D eigenvalue weighted by Crippen LogP contribution is 2.26. The van der Waals surface area contributed by atoms with Crippen molar-refractivity contribution in [3.05, 3.63) is 18.3 Å². The lowest BCUT2D eigenvalue weighted by atomic mass is 9.93. The topological polar surface area (TPSA) is 60.6 Å². The van der Waals surface area contributed by atoms with Crippen LogP contribution in [0.5, 0.6) is 0 Å². The van der Waals surface area contributed by atoms with Gasteiger partial charge in [0.05, 0.1) is 11.9 Å². The summed E-state index contributed by atoms with van der Waals surface area (Å²) in [5.41, 5.74) is 6.76. The van der Waals surface area contributed by atoms with E-state index in [0.717, 1.165) is 38.0 Å². The maximum atomic E-state index is 5.61. The minimum Gasteiger partial charge on any atom is -0.384 e. The summed E-state index contributed by atoms with van der Waals surface area (Å²) in [4.78, 5) is 6.50. The van der Waals surface area contributed by atoms with E-state index >= 15 is 0 Å². The Morgan fingerprint density at radius 1 is 1.32 bits per heavy atom. The van der Waals surface area contributed by atoms with Crippen molar-refractivity contribution >= 4 is 11.5 Å². The Morgan fingerprint density at radius 3 is 2.53 bits per heavy atom. The third kappa shape index (κ3) is 3.81. The summed E-state index contributed by atoms with van der Waals surface area (Å²) in [6.07, 6.45) is 5.07. The van der Waals surface area contributed by atoms with Crippen LogP contribution in [-0.4, -0.2) is 38.6 Å². The molecule has 0 amide bonds. The average molecular weight is 265 g/mol. The number of hydrogen-bond donors (Lipinski definition) is 1. The van der Waals surface area contributed by atoms with Gasteiger partial charge in [0, 0.05) is 33.7 Å². The van der Waals surface area contributed by atoms with E-state index in [4.69, 9.17) is 15.2 Å². The predicted molar refractivity (Wildman–Crippen MR) is 76.0 cm³/mol. The average Bonchev–Trinajstić information content (AvgIpc) is 2.46. The third-order valence-electron chi connectivity index (χ3n) is 3.80. The van der Waals surface area contributed by atoms with E-state index in [1.165, 1.54) is 0 Å².